The summed E-state index contributed by atoms with van der Waals surface area (Å²) in [5, 5.41) is 12.9. The van der Waals surface area contributed by atoms with Gasteiger partial charge in [0.25, 0.3) is 0 Å². The van der Waals surface area contributed by atoms with Gasteiger partial charge >= 0.3 is 0 Å². The van der Waals surface area contributed by atoms with Gasteiger partial charge in [-0.05, 0) is 36.6 Å². The first-order chi connectivity index (χ1) is 19.9. The van der Waals surface area contributed by atoms with Gasteiger partial charge in [-0.1, -0.05) is 90.3 Å². The molecule has 1 aliphatic heterocycles. The third kappa shape index (κ3) is 8.82. The third-order valence-corrected chi connectivity index (χ3v) is 9.83. The summed E-state index contributed by atoms with van der Waals surface area (Å²) < 4.78 is 17.3. The van der Waals surface area contributed by atoms with Gasteiger partial charge in [-0.3, -0.25) is 4.79 Å². The molecular weight excluding hydrogens is 532 g/mol. The first-order valence-corrected chi connectivity index (χ1v) is 16.1. The van der Waals surface area contributed by atoms with Gasteiger partial charge in [0.2, 0.25) is 5.91 Å². The van der Waals surface area contributed by atoms with E-state index in [4.69, 9.17) is 14.2 Å². The molecule has 4 atom stereocenters. The number of benzene rings is 2. The van der Waals surface area contributed by atoms with E-state index < -0.39 is 5.92 Å². The highest BCUT2D eigenvalue weighted by molar-refractivity contribution is 8.00. The van der Waals surface area contributed by atoms with Gasteiger partial charge < -0.3 is 19.5 Å². The molecule has 1 aliphatic rings. The number of fused-ring (bicyclic) bond motifs is 1. The standard InChI is InChI=1S/C34H48N2O4S/c1-6-8-10-11-12-13-15-31(36-33(37)25(23-35)14-9-7-2)41-32-29-21-20-28(39-5)22-30(29)40-24-34(32,3)26-16-18-27(38-4)19-17-26/h16-22,25,31-32H,6-15,24H2,1-5H3,(H,36,37). The number of ether oxygens (including phenoxy) is 3. The van der Waals surface area contributed by atoms with Crippen molar-refractivity contribution >= 4 is 17.7 Å². The van der Waals surface area contributed by atoms with Crippen molar-refractivity contribution in [1.82, 2.24) is 5.32 Å². The molecule has 2 aromatic rings. The highest BCUT2D eigenvalue weighted by atomic mass is 32.2. The molecule has 0 saturated carbocycles. The molecule has 0 aliphatic carbocycles. The van der Waals surface area contributed by atoms with Crippen LogP contribution < -0.4 is 19.5 Å². The Kier molecular flexibility index (Phi) is 13.2. The summed E-state index contributed by atoms with van der Waals surface area (Å²) in [5.41, 5.74) is 1.88. The fourth-order valence-corrected chi connectivity index (χ4v) is 7.09. The van der Waals surface area contributed by atoms with E-state index in [0.29, 0.717) is 13.0 Å². The molecular formula is C34H48N2O4S. The lowest BCUT2D eigenvalue weighted by Gasteiger charge is -2.43. The molecule has 41 heavy (non-hydrogen) atoms. The van der Waals surface area contributed by atoms with Gasteiger partial charge in [-0.25, -0.2) is 0 Å². The summed E-state index contributed by atoms with van der Waals surface area (Å²) in [4.78, 5) is 13.3. The van der Waals surface area contributed by atoms with Gasteiger partial charge in [-0.15, -0.1) is 11.8 Å². The highest BCUT2D eigenvalue weighted by Gasteiger charge is 2.44. The number of unbranched alkanes of at least 4 members (excludes halogenated alkanes) is 6. The van der Waals surface area contributed by atoms with Gasteiger partial charge in [0, 0.05) is 22.3 Å². The van der Waals surface area contributed by atoms with E-state index in [2.05, 4.69) is 50.4 Å². The molecule has 224 valence electrons. The molecule has 0 bridgehead atoms. The normalized spacial score (nSPS) is 19.3. The molecule has 0 fully saturated rings. The Hall–Kier alpha value is -2.85. The average molecular weight is 581 g/mol. The fraction of sp³-hybridized carbons (Fsp3) is 0.588. The first kappa shape index (κ1) is 32.7. The van der Waals surface area contributed by atoms with Crippen molar-refractivity contribution in [3.05, 3.63) is 53.6 Å². The maximum atomic E-state index is 13.3. The fourth-order valence-electron chi connectivity index (χ4n) is 5.43. The maximum Gasteiger partial charge on any atom is 0.238 e. The maximum absolute atomic E-state index is 13.3. The monoisotopic (exact) mass is 580 g/mol. The Labute approximate surface area is 251 Å². The largest absolute Gasteiger partial charge is 0.497 e. The Morgan fingerprint density at radius 2 is 1.66 bits per heavy atom. The van der Waals surface area contributed by atoms with Crippen LogP contribution in [0, 0.1) is 17.2 Å². The number of rotatable bonds is 17. The van der Waals surface area contributed by atoms with Crippen molar-refractivity contribution in [2.24, 2.45) is 5.92 Å². The number of thioether (sulfide) groups is 1. The van der Waals surface area contributed by atoms with Crippen LogP contribution in [-0.2, 0) is 10.2 Å². The zero-order valence-corrected chi connectivity index (χ0v) is 26.4. The molecule has 1 amide bonds. The zero-order valence-electron chi connectivity index (χ0n) is 25.5. The van der Waals surface area contributed by atoms with Crippen LogP contribution in [0.15, 0.2) is 42.5 Å². The summed E-state index contributed by atoms with van der Waals surface area (Å²) in [5.74, 6) is 1.60. The van der Waals surface area contributed by atoms with E-state index >= 15 is 0 Å². The van der Waals surface area contributed by atoms with Gasteiger partial charge in [0.1, 0.15) is 23.2 Å². The van der Waals surface area contributed by atoms with Crippen LogP contribution in [0.5, 0.6) is 17.2 Å². The topological polar surface area (TPSA) is 80.6 Å². The lowest BCUT2D eigenvalue weighted by Crippen LogP contribution is -2.43. The number of carbonyl (C=O) groups is 1. The second kappa shape index (κ2) is 16.6. The lowest BCUT2D eigenvalue weighted by molar-refractivity contribution is -0.123. The predicted molar refractivity (Wildman–Crippen MR) is 168 cm³/mol. The molecule has 0 aromatic heterocycles. The minimum absolute atomic E-state index is 0.00659. The second-order valence-electron chi connectivity index (χ2n) is 11.2. The van der Waals surface area contributed by atoms with E-state index in [0.717, 1.165) is 60.5 Å². The minimum Gasteiger partial charge on any atom is -0.497 e. The number of carbonyl (C=O) groups excluding carboxylic acids is 1. The van der Waals surface area contributed by atoms with Crippen LogP contribution in [-0.4, -0.2) is 32.1 Å². The van der Waals surface area contributed by atoms with Crippen LogP contribution in [0.25, 0.3) is 0 Å². The molecule has 0 saturated heterocycles. The zero-order chi connectivity index (χ0) is 29.7. The highest BCUT2D eigenvalue weighted by Crippen LogP contribution is 2.54. The molecule has 7 heteroatoms. The number of hydrogen-bond acceptors (Lipinski definition) is 6. The predicted octanol–water partition coefficient (Wildman–Crippen LogP) is 8.35. The number of nitrogens with one attached hydrogen (secondary N) is 1. The van der Waals surface area contributed by atoms with Crippen molar-refractivity contribution in [1.29, 1.82) is 5.26 Å². The number of amides is 1. The summed E-state index contributed by atoms with van der Waals surface area (Å²) >= 11 is 1.79. The van der Waals surface area contributed by atoms with Crippen molar-refractivity contribution in [3.8, 4) is 23.3 Å². The average Bonchev–Trinajstić information content (AvgIpc) is 3.00. The number of nitriles is 1. The quantitative estimate of drug-likeness (QED) is 0.150. The Morgan fingerprint density at radius 1 is 1.00 bits per heavy atom. The van der Waals surface area contributed by atoms with Gasteiger partial charge in [-0.2, -0.15) is 5.26 Å². The van der Waals surface area contributed by atoms with Crippen LogP contribution in [0.3, 0.4) is 0 Å². The molecule has 3 rings (SSSR count). The van der Waals surface area contributed by atoms with E-state index in [9.17, 15) is 10.1 Å². The molecule has 1 N–H and O–H groups in total. The van der Waals surface area contributed by atoms with Crippen molar-refractivity contribution in [2.75, 3.05) is 20.8 Å². The molecule has 1 heterocycles. The first-order valence-electron chi connectivity index (χ1n) is 15.2. The number of hydrogen-bond donors (Lipinski definition) is 1. The molecule has 4 unspecified atom stereocenters. The Morgan fingerprint density at radius 3 is 2.32 bits per heavy atom. The molecule has 0 radical (unpaired) electrons. The second-order valence-corrected chi connectivity index (χ2v) is 12.5. The van der Waals surface area contributed by atoms with E-state index in [1.165, 1.54) is 25.7 Å². The minimum atomic E-state index is -0.623. The molecule has 0 spiro atoms. The Bertz CT molecular complexity index is 1130. The van der Waals surface area contributed by atoms with E-state index in [1.54, 1.807) is 26.0 Å². The van der Waals surface area contributed by atoms with Crippen LogP contribution in [0.1, 0.15) is 101 Å². The smallest absolute Gasteiger partial charge is 0.238 e. The lowest BCUT2D eigenvalue weighted by atomic mass is 9.76. The van der Waals surface area contributed by atoms with Crippen molar-refractivity contribution in [3.63, 3.8) is 0 Å². The molecule has 2 aromatic carbocycles. The summed E-state index contributed by atoms with van der Waals surface area (Å²) in [6.45, 7) is 7.05. The van der Waals surface area contributed by atoms with Gasteiger partial charge in [0.05, 0.1) is 32.3 Å². The van der Waals surface area contributed by atoms with Crippen LogP contribution in [0.4, 0.5) is 0 Å². The van der Waals surface area contributed by atoms with E-state index in [1.807, 2.05) is 24.3 Å². The summed E-state index contributed by atoms with van der Waals surface area (Å²) in [6, 6.07) is 16.5. The summed E-state index contributed by atoms with van der Waals surface area (Å²) in [6.07, 6.45) is 10.4. The van der Waals surface area contributed by atoms with Gasteiger partial charge in [0.15, 0.2) is 0 Å². The van der Waals surface area contributed by atoms with E-state index in [-0.39, 0.29) is 21.9 Å². The number of methoxy groups -OCH3 is 2. The van der Waals surface area contributed by atoms with Crippen LogP contribution >= 0.6 is 11.8 Å². The van der Waals surface area contributed by atoms with Crippen LogP contribution in [0.2, 0.25) is 0 Å². The molecule has 6 nitrogen and oxygen atoms in total. The SMILES string of the molecule is CCCCCCCCC(NC(=O)C(C#N)CCCC)SC1c2ccc(OC)cc2OCC1(C)c1ccc(OC)cc1. The van der Waals surface area contributed by atoms with Crippen molar-refractivity contribution < 1.29 is 19.0 Å². The summed E-state index contributed by atoms with van der Waals surface area (Å²) in [7, 11) is 3.34. The number of nitrogens with zero attached hydrogens (tertiary/aromatic N) is 1. The third-order valence-electron chi connectivity index (χ3n) is 8.10. The van der Waals surface area contributed by atoms with Crippen molar-refractivity contribution in [2.45, 2.75) is 101 Å². The Balaban J connectivity index is 1.93.